The van der Waals surface area contributed by atoms with E-state index in [1.54, 1.807) is 19.1 Å². The van der Waals surface area contributed by atoms with Crippen LogP contribution < -0.4 is 9.64 Å². The van der Waals surface area contributed by atoms with Gasteiger partial charge in [0.1, 0.15) is 0 Å². The number of hydrogen-bond acceptors (Lipinski definition) is 6. The van der Waals surface area contributed by atoms with E-state index in [4.69, 9.17) is 4.74 Å². The number of nitrogens with zero attached hydrogens (tertiary/aromatic N) is 1. The SMILES string of the molecule is CCC1=C([C@H](O)CC/C(C)=C/c2cc(I)c(O)c(OC)c2)[C@H](CO)[C@@H]2C(=O)N(c3cc(C(F)(F)F)cc(C(F)(F)F)c3)C(=O)[C@@H]2C1. The van der Waals surface area contributed by atoms with Crippen molar-refractivity contribution in [2.75, 3.05) is 18.6 Å². The summed E-state index contributed by atoms with van der Waals surface area (Å²) >= 11 is 1.97. The summed E-state index contributed by atoms with van der Waals surface area (Å²) in [5.74, 6) is -5.20. The van der Waals surface area contributed by atoms with Crippen molar-refractivity contribution in [1.82, 2.24) is 0 Å². The molecule has 2 aromatic rings. The Morgan fingerprint density at radius 3 is 2.20 bits per heavy atom. The largest absolute Gasteiger partial charge is 0.504 e. The highest BCUT2D eigenvalue weighted by Crippen LogP contribution is 2.49. The first-order valence-electron chi connectivity index (χ1n) is 14.3. The van der Waals surface area contributed by atoms with Gasteiger partial charge in [0.05, 0.1) is 52.0 Å². The standard InChI is InChI=1S/C32H32F6INO6/c1-4-17-10-21-27(30(45)40(29(21)44)20-12-18(31(33,34)35)11-19(13-20)32(36,37)38)22(14-41)26(17)24(42)6-5-15(2)7-16-8-23(39)28(43)25(9-16)46-3/h7-9,11-13,21-22,24,27,41-43H,4-6,10,14H2,1-3H3/b15-7+/t21-,22+,24-,27-/m1/s1. The minimum atomic E-state index is -5.18. The first kappa shape index (κ1) is 35.7. The number of imide groups is 1. The Morgan fingerprint density at radius 2 is 1.67 bits per heavy atom. The number of fused-ring (bicyclic) bond motifs is 1. The van der Waals surface area contributed by atoms with Crippen LogP contribution in [0.1, 0.15) is 56.2 Å². The van der Waals surface area contributed by atoms with E-state index >= 15 is 0 Å². The third-order valence-corrected chi connectivity index (χ3v) is 9.32. The van der Waals surface area contributed by atoms with Crippen molar-refractivity contribution < 1.29 is 56.0 Å². The van der Waals surface area contributed by atoms with Crippen LogP contribution in [0.15, 0.2) is 47.1 Å². The van der Waals surface area contributed by atoms with E-state index in [0.29, 0.717) is 44.6 Å². The van der Waals surface area contributed by atoms with E-state index in [9.17, 15) is 51.3 Å². The molecule has 1 fully saturated rings. The lowest BCUT2D eigenvalue weighted by Gasteiger charge is -2.36. The number of carbonyl (C=O) groups excluding carboxylic acids is 2. The first-order chi connectivity index (χ1) is 21.4. The lowest BCUT2D eigenvalue weighted by molar-refractivity contribution is -0.143. The molecule has 1 saturated heterocycles. The molecule has 4 atom stereocenters. The smallest absolute Gasteiger partial charge is 0.416 e. The van der Waals surface area contributed by atoms with Crippen LogP contribution in [0.4, 0.5) is 32.0 Å². The Bertz CT molecular complexity index is 1550. The monoisotopic (exact) mass is 767 g/mol. The number of rotatable bonds is 9. The number of methoxy groups -OCH3 is 1. The second-order valence-corrected chi connectivity index (χ2v) is 12.6. The highest BCUT2D eigenvalue weighted by Gasteiger charge is 2.55. The molecule has 0 bridgehead atoms. The number of allylic oxidation sites excluding steroid dienone is 2. The Kier molecular flexibility index (Phi) is 10.5. The number of phenolic OH excluding ortho intramolecular Hbond substituents is 1. The number of ether oxygens (including phenoxy) is 1. The Hall–Kier alpha value is -3.11. The third kappa shape index (κ3) is 7.08. The topological polar surface area (TPSA) is 107 Å². The van der Waals surface area contributed by atoms with Crippen molar-refractivity contribution in [2.45, 2.75) is 58.0 Å². The lowest BCUT2D eigenvalue weighted by atomic mass is 9.67. The van der Waals surface area contributed by atoms with Gasteiger partial charge in [0, 0.05) is 5.92 Å². The summed E-state index contributed by atoms with van der Waals surface area (Å²) in [5, 5.41) is 31.9. The predicted molar refractivity (Wildman–Crippen MR) is 165 cm³/mol. The van der Waals surface area contributed by atoms with Gasteiger partial charge in [0.15, 0.2) is 11.5 Å². The molecule has 250 valence electrons. The molecular weight excluding hydrogens is 735 g/mol. The highest BCUT2D eigenvalue weighted by molar-refractivity contribution is 14.1. The number of aliphatic hydroxyl groups excluding tert-OH is 2. The number of amides is 2. The average Bonchev–Trinajstić information content (AvgIpc) is 3.24. The number of alkyl halides is 6. The molecule has 0 unspecified atom stereocenters. The van der Waals surface area contributed by atoms with Crippen LogP contribution in [0.3, 0.4) is 0 Å². The molecule has 0 saturated carbocycles. The van der Waals surface area contributed by atoms with Gasteiger partial charge in [-0.25, -0.2) is 4.90 Å². The van der Waals surface area contributed by atoms with Crippen LogP contribution >= 0.6 is 22.6 Å². The van der Waals surface area contributed by atoms with Crippen LogP contribution in [0.5, 0.6) is 11.5 Å². The molecule has 14 heteroatoms. The summed E-state index contributed by atoms with van der Waals surface area (Å²) in [6, 6.07) is 3.98. The first-order valence-corrected chi connectivity index (χ1v) is 15.4. The zero-order valence-electron chi connectivity index (χ0n) is 25.0. The van der Waals surface area contributed by atoms with Gasteiger partial charge < -0.3 is 20.1 Å². The van der Waals surface area contributed by atoms with E-state index in [1.807, 2.05) is 35.6 Å². The number of hydrogen-bond donors (Lipinski definition) is 3. The number of carbonyl (C=O) groups is 2. The lowest BCUT2D eigenvalue weighted by Crippen LogP contribution is -2.39. The summed E-state index contributed by atoms with van der Waals surface area (Å²) in [4.78, 5) is 27.5. The number of phenols is 1. The average molecular weight is 768 g/mol. The van der Waals surface area contributed by atoms with Gasteiger partial charge >= 0.3 is 12.4 Å². The molecule has 7 nitrogen and oxygen atoms in total. The van der Waals surface area contributed by atoms with Gasteiger partial charge in [-0.15, -0.1) is 0 Å². The summed E-state index contributed by atoms with van der Waals surface area (Å²) in [7, 11) is 1.43. The van der Waals surface area contributed by atoms with E-state index in [-0.39, 0.29) is 30.4 Å². The van der Waals surface area contributed by atoms with Gasteiger partial charge in [-0.05, 0) is 96.7 Å². The molecule has 1 aliphatic carbocycles. The second kappa shape index (κ2) is 13.6. The quantitative estimate of drug-likeness (QED) is 0.109. The van der Waals surface area contributed by atoms with Gasteiger partial charge in [-0.1, -0.05) is 24.1 Å². The molecular formula is C32H32F6INO6. The molecule has 1 aliphatic heterocycles. The Morgan fingerprint density at radius 1 is 1.07 bits per heavy atom. The zero-order chi connectivity index (χ0) is 34.3. The number of benzene rings is 2. The predicted octanol–water partition coefficient (Wildman–Crippen LogP) is 7.11. The van der Waals surface area contributed by atoms with Gasteiger partial charge in [-0.2, -0.15) is 26.3 Å². The number of aliphatic hydroxyl groups is 2. The van der Waals surface area contributed by atoms with Crippen LogP contribution in [0, 0.1) is 21.3 Å². The molecule has 0 aromatic heterocycles. The maximum atomic E-state index is 13.7. The van der Waals surface area contributed by atoms with E-state index in [2.05, 4.69) is 0 Å². The van der Waals surface area contributed by atoms with Crippen molar-refractivity contribution in [1.29, 1.82) is 0 Å². The molecule has 0 radical (unpaired) electrons. The van der Waals surface area contributed by atoms with E-state index in [0.717, 1.165) is 11.1 Å². The molecule has 46 heavy (non-hydrogen) atoms. The number of aromatic hydroxyl groups is 1. The van der Waals surface area contributed by atoms with Crippen molar-refractivity contribution in [3.8, 4) is 11.5 Å². The minimum absolute atomic E-state index is 0.00496. The van der Waals surface area contributed by atoms with Crippen LogP contribution in [0.25, 0.3) is 6.08 Å². The molecule has 2 aliphatic rings. The van der Waals surface area contributed by atoms with Crippen LogP contribution in [-0.2, 0) is 21.9 Å². The van der Waals surface area contributed by atoms with Crippen molar-refractivity contribution >= 4 is 46.2 Å². The van der Waals surface area contributed by atoms with Crippen molar-refractivity contribution in [3.63, 3.8) is 0 Å². The summed E-state index contributed by atoms with van der Waals surface area (Å²) < 4.78 is 87.0. The van der Waals surface area contributed by atoms with Crippen molar-refractivity contribution in [2.24, 2.45) is 17.8 Å². The molecule has 3 N–H and O–H groups in total. The van der Waals surface area contributed by atoms with E-state index < -0.39 is 71.4 Å². The van der Waals surface area contributed by atoms with Crippen LogP contribution in [0.2, 0.25) is 0 Å². The number of halogens is 7. The fourth-order valence-electron chi connectivity index (χ4n) is 6.33. The van der Waals surface area contributed by atoms with Crippen molar-refractivity contribution in [3.05, 3.63) is 67.3 Å². The molecule has 2 aromatic carbocycles. The summed E-state index contributed by atoms with van der Waals surface area (Å²) in [5.41, 5.74) is -1.66. The maximum Gasteiger partial charge on any atom is 0.416 e. The molecule has 1 heterocycles. The maximum absolute atomic E-state index is 13.7. The van der Waals surface area contributed by atoms with E-state index in [1.165, 1.54) is 7.11 Å². The van der Waals surface area contributed by atoms with Crippen LogP contribution in [-0.4, -0.2) is 47.0 Å². The second-order valence-electron chi connectivity index (χ2n) is 11.4. The summed E-state index contributed by atoms with van der Waals surface area (Å²) in [6.45, 7) is 2.90. The fraction of sp³-hybridized carbons (Fsp3) is 0.438. The third-order valence-electron chi connectivity index (χ3n) is 8.49. The molecule has 0 spiro atoms. The highest BCUT2D eigenvalue weighted by atomic mass is 127. The zero-order valence-corrected chi connectivity index (χ0v) is 27.1. The van der Waals surface area contributed by atoms with Gasteiger partial charge in [0.25, 0.3) is 0 Å². The summed E-state index contributed by atoms with van der Waals surface area (Å²) in [6.07, 6.45) is -8.87. The Labute approximate surface area is 274 Å². The fourth-order valence-corrected chi connectivity index (χ4v) is 6.95. The number of anilines is 1. The minimum Gasteiger partial charge on any atom is -0.504 e. The normalized spacial score (nSPS) is 21.6. The van der Waals surface area contributed by atoms with Gasteiger partial charge in [-0.3, -0.25) is 9.59 Å². The molecule has 4 rings (SSSR count). The Balaban J connectivity index is 1.63. The van der Waals surface area contributed by atoms with Gasteiger partial charge in [0.2, 0.25) is 11.8 Å². The molecule has 2 amide bonds.